The van der Waals surface area contributed by atoms with Crippen molar-refractivity contribution in [3.05, 3.63) is 52.2 Å². The molecule has 0 aliphatic rings. The quantitative estimate of drug-likeness (QED) is 0.852. The average Bonchev–Trinajstić information content (AvgIpc) is 2.83. The lowest BCUT2D eigenvalue weighted by Gasteiger charge is -2.07. The molecule has 0 aliphatic heterocycles. The van der Waals surface area contributed by atoms with Gasteiger partial charge in [-0.15, -0.1) is 0 Å². The van der Waals surface area contributed by atoms with E-state index in [1.165, 1.54) is 11.1 Å². The van der Waals surface area contributed by atoms with E-state index >= 15 is 0 Å². The SMILES string of the molecule is NCCc1cccc(OCCc2ccsc2)c1. The summed E-state index contributed by atoms with van der Waals surface area (Å²) in [5.41, 5.74) is 8.11. The molecule has 90 valence electrons. The van der Waals surface area contributed by atoms with Gasteiger partial charge in [0, 0.05) is 6.42 Å². The van der Waals surface area contributed by atoms with Crippen molar-refractivity contribution < 1.29 is 4.74 Å². The molecular weight excluding hydrogens is 230 g/mol. The van der Waals surface area contributed by atoms with E-state index in [4.69, 9.17) is 10.5 Å². The van der Waals surface area contributed by atoms with Crippen LogP contribution in [-0.2, 0) is 12.8 Å². The van der Waals surface area contributed by atoms with Crippen LogP contribution in [0.15, 0.2) is 41.1 Å². The second kappa shape index (κ2) is 6.42. The molecule has 0 aliphatic carbocycles. The Morgan fingerprint density at radius 1 is 1.12 bits per heavy atom. The van der Waals surface area contributed by atoms with Crippen molar-refractivity contribution in [3.8, 4) is 5.75 Å². The standard InChI is InChI=1S/C14H17NOS/c15-7-4-12-2-1-3-14(10-12)16-8-5-13-6-9-17-11-13/h1-3,6,9-11H,4-5,7-8,15H2. The average molecular weight is 247 g/mol. The van der Waals surface area contributed by atoms with E-state index in [-0.39, 0.29) is 0 Å². The first-order chi connectivity index (χ1) is 8.38. The Hall–Kier alpha value is -1.32. The largest absolute Gasteiger partial charge is 0.493 e. The number of nitrogens with two attached hydrogens (primary N) is 1. The van der Waals surface area contributed by atoms with Crippen LogP contribution in [0.3, 0.4) is 0 Å². The maximum absolute atomic E-state index is 5.73. The molecule has 2 rings (SSSR count). The van der Waals surface area contributed by atoms with E-state index in [0.717, 1.165) is 25.2 Å². The number of rotatable bonds is 6. The number of hydrogen-bond donors (Lipinski definition) is 1. The molecule has 2 N–H and O–H groups in total. The van der Waals surface area contributed by atoms with Crippen LogP contribution < -0.4 is 10.5 Å². The maximum Gasteiger partial charge on any atom is 0.119 e. The molecule has 0 bridgehead atoms. The molecule has 1 aromatic heterocycles. The Labute approximate surface area is 106 Å². The molecule has 17 heavy (non-hydrogen) atoms. The summed E-state index contributed by atoms with van der Waals surface area (Å²) in [6.45, 7) is 1.40. The molecule has 3 heteroatoms. The van der Waals surface area contributed by atoms with Crippen molar-refractivity contribution in [2.24, 2.45) is 5.73 Å². The fourth-order valence-corrected chi connectivity index (χ4v) is 2.38. The van der Waals surface area contributed by atoms with E-state index in [1.54, 1.807) is 11.3 Å². The fourth-order valence-electron chi connectivity index (χ4n) is 1.68. The lowest BCUT2D eigenvalue weighted by atomic mass is 10.1. The molecule has 0 saturated heterocycles. The van der Waals surface area contributed by atoms with Gasteiger partial charge in [0.1, 0.15) is 5.75 Å². The molecule has 0 radical (unpaired) electrons. The van der Waals surface area contributed by atoms with Crippen molar-refractivity contribution in [2.45, 2.75) is 12.8 Å². The van der Waals surface area contributed by atoms with Gasteiger partial charge in [0.15, 0.2) is 0 Å². The molecule has 0 amide bonds. The summed E-state index contributed by atoms with van der Waals surface area (Å²) in [4.78, 5) is 0. The van der Waals surface area contributed by atoms with Gasteiger partial charge in [0.25, 0.3) is 0 Å². The van der Waals surface area contributed by atoms with Crippen molar-refractivity contribution >= 4 is 11.3 Å². The predicted molar refractivity (Wildman–Crippen MR) is 72.7 cm³/mol. The van der Waals surface area contributed by atoms with Gasteiger partial charge in [-0.3, -0.25) is 0 Å². The van der Waals surface area contributed by atoms with Gasteiger partial charge < -0.3 is 10.5 Å². The van der Waals surface area contributed by atoms with Crippen molar-refractivity contribution in [1.82, 2.24) is 0 Å². The Bertz CT molecular complexity index is 439. The third-order valence-electron chi connectivity index (χ3n) is 2.57. The van der Waals surface area contributed by atoms with Crippen molar-refractivity contribution in [3.63, 3.8) is 0 Å². The lowest BCUT2D eigenvalue weighted by Crippen LogP contribution is -2.04. The molecule has 2 nitrogen and oxygen atoms in total. The summed E-state index contributed by atoms with van der Waals surface area (Å²) in [5, 5.41) is 4.26. The van der Waals surface area contributed by atoms with Crippen molar-refractivity contribution in [2.75, 3.05) is 13.2 Å². The number of hydrogen-bond acceptors (Lipinski definition) is 3. The van der Waals surface area contributed by atoms with E-state index < -0.39 is 0 Å². The summed E-state index contributed by atoms with van der Waals surface area (Å²) in [6.07, 6.45) is 1.87. The van der Waals surface area contributed by atoms with Gasteiger partial charge in [0.2, 0.25) is 0 Å². The van der Waals surface area contributed by atoms with Crippen LogP contribution in [0.25, 0.3) is 0 Å². The minimum absolute atomic E-state index is 0.679. The first-order valence-corrected chi connectivity index (χ1v) is 6.75. The van der Waals surface area contributed by atoms with Gasteiger partial charge in [-0.25, -0.2) is 0 Å². The van der Waals surface area contributed by atoms with E-state index in [0.29, 0.717) is 6.54 Å². The summed E-state index contributed by atoms with van der Waals surface area (Å²) in [7, 11) is 0. The first-order valence-electron chi connectivity index (χ1n) is 5.81. The molecule has 2 aromatic rings. The van der Waals surface area contributed by atoms with Crippen LogP contribution in [0, 0.1) is 0 Å². The van der Waals surface area contributed by atoms with Crippen LogP contribution >= 0.6 is 11.3 Å². The highest BCUT2D eigenvalue weighted by molar-refractivity contribution is 7.07. The molecule has 0 unspecified atom stereocenters. The zero-order valence-electron chi connectivity index (χ0n) is 9.76. The van der Waals surface area contributed by atoms with Gasteiger partial charge in [-0.2, -0.15) is 11.3 Å². The molecule has 0 saturated carbocycles. The zero-order chi connectivity index (χ0) is 11.9. The Kier molecular flexibility index (Phi) is 4.59. The van der Waals surface area contributed by atoms with Crippen LogP contribution in [0.1, 0.15) is 11.1 Å². The molecule has 0 spiro atoms. The normalized spacial score (nSPS) is 10.4. The topological polar surface area (TPSA) is 35.2 Å². The highest BCUT2D eigenvalue weighted by atomic mass is 32.1. The highest BCUT2D eigenvalue weighted by Gasteiger charge is 1.98. The molecule has 1 aromatic carbocycles. The molecule has 0 fully saturated rings. The van der Waals surface area contributed by atoms with Gasteiger partial charge in [0.05, 0.1) is 6.61 Å². The van der Waals surface area contributed by atoms with E-state index in [2.05, 4.69) is 29.0 Å². The van der Waals surface area contributed by atoms with E-state index in [1.807, 2.05) is 12.1 Å². The first kappa shape index (κ1) is 12.1. The highest BCUT2D eigenvalue weighted by Crippen LogP contribution is 2.14. The predicted octanol–water partition coefficient (Wildman–Crippen LogP) is 2.87. The fraction of sp³-hybridized carbons (Fsp3) is 0.286. The number of thiophene rings is 1. The van der Waals surface area contributed by atoms with Crippen molar-refractivity contribution in [1.29, 1.82) is 0 Å². The van der Waals surface area contributed by atoms with Crippen LogP contribution in [0.4, 0.5) is 0 Å². The molecular formula is C14H17NOS. The van der Waals surface area contributed by atoms with E-state index in [9.17, 15) is 0 Å². The van der Waals surface area contributed by atoms with Gasteiger partial charge >= 0.3 is 0 Å². The summed E-state index contributed by atoms with van der Waals surface area (Å²) in [6, 6.07) is 10.3. The van der Waals surface area contributed by atoms with Crippen LogP contribution in [0.2, 0.25) is 0 Å². The summed E-state index contributed by atoms with van der Waals surface area (Å²) < 4.78 is 5.73. The zero-order valence-corrected chi connectivity index (χ0v) is 10.6. The maximum atomic E-state index is 5.73. The van der Waals surface area contributed by atoms with Crippen LogP contribution in [-0.4, -0.2) is 13.2 Å². The minimum Gasteiger partial charge on any atom is -0.493 e. The third-order valence-corrected chi connectivity index (χ3v) is 3.30. The molecule has 0 atom stereocenters. The summed E-state index contributed by atoms with van der Waals surface area (Å²) >= 11 is 1.73. The van der Waals surface area contributed by atoms with Crippen LogP contribution in [0.5, 0.6) is 5.75 Å². The second-order valence-corrected chi connectivity index (χ2v) is 4.70. The van der Waals surface area contributed by atoms with Gasteiger partial charge in [-0.05, 0) is 53.1 Å². The monoisotopic (exact) mass is 247 g/mol. The summed E-state index contributed by atoms with van der Waals surface area (Å²) in [5.74, 6) is 0.936. The number of ether oxygens (including phenoxy) is 1. The van der Waals surface area contributed by atoms with Gasteiger partial charge in [-0.1, -0.05) is 12.1 Å². The molecule has 1 heterocycles. The minimum atomic E-state index is 0.679. The number of benzene rings is 1. The Morgan fingerprint density at radius 2 is 2.06 bits per heavy atom. The Balaban J connectivity index is 1.84. The second-order valence-electron chi connectivity index (χ2n) is 3.92. The smallest absolute Gasteiger partial charge is 0.119 e. The Morgan fingerprint density at radius 3 is 2.82 bits per heavy atom. The lowest BCUT2D eigenvalue weighted by molar-refractivity contribution is 0.322. The third kappa shape index (κ3) is 3.88.